The van der Waals surface area contributed by atoms with Gasteiger partial charge in [-0.15, -0.1) is 0 Å². The van der Waals surface area contributed by atoms with E-state index in [9.17, 15) is 15.0 Å². The zero-order valence-corrected chi connectivity index (χ0v) is 13.7. The van der Waals surface area contributed by atoms with Crippen LogP contribution in [0.2, 0.25) is 0 Å². The van der Waals surface area contributed by atoms with Crippen molar-refractivity contribution in [2.45, 2.75) is 31.8 Å². The molecule has 1 aromatic heterocycles. The summed E-state index contributed by atoms with van der Waals surface area (Å²) in [4.78, 5) is 12.5. The zero-order valence-electron chi connectivity index (χ0n) is 13.7. The molecule has 3 rings (SSSR count). The fourth-order valence-corrected chi connectivity index (χ4v) is 2.73. The van der Waals surface area contributed by atoms with Crippen molar-refractivity contribution in [1.82, 2.24) is 14.3 Å². The summed E-state index contributed by atoms with van der Waals surface area (Å²) in [6.07, 6.45) is 0. The number of fused-ring (bicyclic) bond motifs is 3. The molecule has 1 aromatic carbocycles. The molecule has 0 unspecified atom stereocenters. The molecule has 0 amide bonds. The Bertz CT molecular complexity index is 810. The van der Waals surface area contributed by atoms with E-state index in [1.165, 1.54) is 16.3 Å². The van der Waals surface area contributed by atoms with Crippen molar-refractivity contribution in [3.05, 3.63) is 40.1 Å². The highest BCUT2D eigenvalue weighted by atomic mass is 16.5. The lowest BCUT2D eigenvalue weighted by atomic mass is 9.86. The van der Waals surface area contributed by atoms with E-state index in [1.807, 2.05) is 12.1 Å². The van der Waals surface area contributed by atoms with Crippen LogP contribution >= 0.6 is 0 Å². The quantitative estimate of drug-likeness (QED) is 0.838. The van der Waals surface area contributed by atoms with E-state index >= 15 is 0 Å². The van der Waals surface area contributed by atoms with Gasteiger partial charge in [-0.2, -0.15) is 5.10 Å². The van der Waals surface area contributed by atoms with Gasteiger partial charge < -0.3 is 14.9 Å². The first-order valence-corrected chi connectivity index (χ1v) is 7.46. The summed E-state index contributed by atoms with van der Waals surface area (Å²) in [6.45, 7) is 5.27. The second kappa shape index (κ2) is 4.94. The Balaban J connectivity index is 2.33. The SMILES string of the molecule is Cn1nc2n(c1=O)-c1cc(C(C)(C)C)ccc1OC2(CO)CO. The minimum atomic E-state index is -1.43. The summed E-state index contributed by atoms with van der Waals surface area (Å²) < 4.78 is 8.43. The van der Waals surface area contributed by atoms with Crippen LogP contribution in [0.25, 0.3) is 5.69 Å². The number of aromatic nitrogens is 3. The molecule has 1 aliphatic rings. The molecule has 0 saturated carbocycles. The Hall–Kier alpha value is -2.12. The van der Waals surface area contributed by atoms with Crippen LogP contribution in [0.1, 0.15) is 32.2 Å². The van der Waals surface area contributed by atoms with Crippen molar-refractivity contribution in [1.29, 1.82) is 0 Å². The Morgan fingerprint density at radius 3 is 2.48 bits per heavy atom. The third kappa shape index (κ3) is 2.19. The summed E-state index contributed by atoms with van der Waals surface area (Å²) >= 11 is 0. The topological polar surface area (TPSA) is 89.5 Å². The number of rotatable bonds is 2. The van der Waals surface area contributed by atoms with Crippen molar-refractivity contribution in [3.8, 4) is 11.4 Å². The average molecular weight is 319 g/mol. The van der Waals surface area contributed by atoms with E-state index in [-0.39, 0.29) is 16.9 Å². The molecule has 7 nitrogen and oxygen atoms in total. The Morgan fingerprint density at radius 1 is 1.26 bits per heavy atom. The molecule has 0 aliphatic carbocycles. The maximum absolute atomic E-state index is 12.5. The van der Waals surface area contributed by atoms with Crippen LogP contribution in [-0.2, 0) is 18.1 Å². The summed E-state index contributed by atoms with van der Waals surface area (Å²) in [7, 11) is 1.53. The molecule has 0 bridgehead atoms. The summed E-state index contributed by atoms with van der Waals surface area (Å²) in [5.41, 5.74) is -0.257. The van der Waals surface area contributed by atoms with Gasteiger partial charge in [-0.1, -0.05) is 26.8 Å². The standard InChI is InChI=1S/C16H21N3O4/c1-15(2,3)10-5-6-12-11(7-10)19-13(17-18(4)14(19)22)16(8-20,9-21)23-12/h5-7,20-21H,8-9H2,1-4H3. The van der Waals surface area contributed by atoms with E-state index in [1.54, 1.807) is 6.07 Å². The lowest BCUT2D eigenvalue weighted by Gasteiger charge is -2.35. The fourth-order valence-electron chi connectivity index (χ4n) is 2.73. The van der Waals surface area contributed by atoms with Crippen molar-refractivity contribution >= 4 is 0 Å². The first kappa shape index (κ1) is 15.8. The largest absolute Gasteiger partial charge is 0.472 e. The monoisotopic (exact) mass is 319 g/mol. The van der Waals surface area contributed by atoms with Gasteiger partial charge in [-0.3, -0.25) is 0 Å². The summed E-state index contributed by atoms with van der Waals surface area (Å²) in [6, 6.07) is 5.57. The van der Waals surface area contributed by atoms with Gasteiger partial charge >= 0.3 is 5.69 Å². The number of hydrogen-bond acceptors (Lipinski definition) is 5. The number of hydrogen-bond donors (Lipinski definition) is 2. The van der Waals surface area contributed by atoms with Crippen LogP contribution in [-0.4, -0.2) is 37.8 Å². The Morgan fingerprint density at radius 2 is 1.91 bits per heavy atom. The molecule has 0 saturated heterocycles. The smallest absolute Gasteiger partial charge is 0.350 e. The van der Waals surface area contributed by atoms with Gasteiger partial charge in [0.05, 0.1) is 18.9 Å². The minimum Gasteiger partial charge on any atom is -0.472 e. The molecular formula is C16H21N3O4. The first-order valence-electron chi connectivity index (χ1n) is 7.46. The van der Waals surface area contributed by atoms with Gasteiger partial charge in [-0.05, 0) is 23.1 Å². The lowest BCUT2D eigenvalue weighted by Crippen LogP contribution is -2.46. The van der Waals surface area contributed by atoms with E-state index in [0.717, 1.165) is 5.56 Å². The van der Waals surface area contributed by atoms with Crippen LogP contribution in [0.5, 0.6) is 5.75 Å². The molecule has 7 heteroatoms. The van der Waals surface area contributed by atoms with Gasteiger partial charge in [0.2, 0.25) is 5.60 Å². The molecule has 2 heterocycles. The second-order valence-electron chi connectivity index (χ2n) is 6.91. The molecule has 0 radical (unpaired) electrons. The summed E-state index contributed by atoms with van der Waals surface area (Å²) in [5.74, 6) is 0.636. The van der Waals surface area contributed by atoms with Crippen LogP contribution in [0.3, 0.4) is 0 Å². The van der Waals surface area contributed by atoms with Gasteiger partial charge in [0.1, 0.15) is 5.75 Å². The van der Waals surface area contributed by atoms with Gasteiger partial charge in [0.25, 0.3) is 0 Å². The van der Waals surface area contributed by atoms with Gasteiger partial charge in [0.15, 0.2) is 5.82 Å². The predicted molar refractivity (Wildman–Crippen MR) is 84.0 cm³/mol. The maximum atomic E-state index is 12.5. The molecule has 2 N–H and O–H groups in total. The van der Waals surface area contributed by atoms with E-state index < -0.39 is 18.8 Å². The molecule has 1 aliphatic heterocycles. The predicted octanol–water partition coefficient (Wildman–Crippen LogP) is 0.441. The first-order chi connectivity index (χ1) is 10.7. The van der Waals surface area contributed by atoms with E-state index in [4.69, 9.17) is 4.74 Å². The van der Waals surface area contributed by atoms with E-state index in [0.29, 0.717) is 11.4 Å². The van der Waals surface area contributed by atoms with Crippen LogP contribution < -0.4 is 10.4 Å². The van der Waals surface area contributed by atoms with Crippen molar-refractivity contribution < 1.29 is 14.9 Å². The normalized spacial score (nSPS) is 15.7. The second-order valence-corrected chi connectivity index (χ2v) is 6.91. The summed E-state index contributed by atoms with van der Waals surface area (Å²) in [5, 5.41) is 23.7. The molecule has 0 fully saturated rings. The third-order valence-corrected chi connectivity index (χ3v) is 4.21. The Kier molecular flexibility index (Phi) is 3.38. The van der Waals surface area contributed by atoms with Gasteiger partial charge in [0, 0.05) is 7.05 Å². The maximum Gasteiger partial charge on any atom is 0.350 e. The molecule has 124 valence electrons. The fraction of sp³-hybridized carbons (Fsp3) is 0.500. The number of benzene rings is 1. The number of aryl methyl sites for hydroxylation is 1. The third-order valence-electron chi connectivity index (χ3n) is 4.21. The number of ether oxygens (including phenoxy) is 1. The Labute approximate surface area is 133 Å². The lowest BCUT2D eigenvalue weighted by molar-refractivity contribution is -0.0513. The van der Waals surface area contributed by atoms with Crippen molar-refractivity contribution in [2.24, 2.45) is 7.05 Å². The molecule has 2 aromatic rings. The molecular weight excluding hydrogens is 298 g/mol. The molecule has 0 atom stereocenters. The highest BCUT2D eigenvalue weighted by Gasteiger charge is 2.44. The number of aliphatic hydroxyl groups is 2. The minimum absolute atomic E-state index is 0.0937. The number of aliphatic hydroxyl groups excluding tert-OH is 2. The molecule has 0 spiro atoms. The number of nitrogens with zero attached hydrogens (tertiary/aromatic N) is 3. The van der Waals surface area contributed by atoms with Gasteiger partial charge in [-0.25, -0.2) is 14.0 Å². The van der Waals surface area contributed by atoms with Crippen LogP contribution in [0.4, 0.5) is 0 Å². The van der Waals surface area contributed by atoms with Crippen molar-refractivity contribution in [3.63, 3.8) is 0 Å². The molecule has 23 heavy (non-hydrogen) atoms. The zero-order chi connectivity index (χ0) is 17.0. The average Bonchev–Trinajstić information content (AvgIpc) is 2.81. The highest BCUT2D eigenvalue weighted by molar-refractivity contribution is 5.53. The van der Waals surface area contributed by atoms with E-state index in [2.05, 4.69) is 25.9 Å². The van der Waals surface area contributed by atoms with Crippen molar-refractivity contribution in [2.75, 3.05) is 13.2 Å². The van der Waals surface area contributed by atoms with Crippen LogP contribution in [0, 0.1) is 0 Å². The van der Waals surface area contributed by atoms with Crippen LogP contribution in [0.15, 0.2) is 23.0 Å². The highest BCUT2D eigenvalue weighted by Crippen LogP contribution is 2.39.